The van der Waals surface area contributed by atoms with Gasteiger partial charge in [0, 0.05) is 18.5 Å². The van der Waals surface area contributed by atoms with Crippen LogP contribution in [0.5, 0.6) is 0 Å². The molecule has 3 aromatic rings. The number of nitrogens with zero attached hydrogens (tertiary/aromatic N) is 1. The predicted molar refractivity (Wildman–Crippen MR) is 89.0 cm³/mol. The van der Waals surface area contributed by atoms with E-state index in [0.29, 0.717) is 12.8 Å². The first-order valence-corrected chi connectivity index (χ1v) is 7.42. The van der Waals surface area contributed by atoms with Crippen molar-refractivity contribution in [1.82, 2.24) is 9.97 Å². The number of hydrogen-bond donors (Lipinski definition) is 2. The number of anilines is 1. The summed E-state index contributed by atoms with van der Waals surface area (Å²) in [6, 6.07) is 13.9. The van der Waals surface area contributed by atoms with E-state index in [9.17, 15) is 4.79 Å². The minimum atomic E-state index is 0.00848. The summed E-state index contributed by atoms with van der Waals surface area (Å²) in [5.74, 6) is 0.853. The van der Waals surface area contributed by atoms with E-state index in [1.54, 1.807) is 0 Å². The van der Waals surface area contributed by atoms with E-state index < -0.39 is 0 Å². The monoisotopic (exact) mass is 293 g/mol. The third-order valence-electron chi connectivity index (χ3n) is 3.69. The number of carbonyl (C=O) groups excluding carboxylic acids is 1. The molecule has 4 nitrogen and oxygen atoms in total. The molecule has 1 heterocycles. The largest absolute Gasteiger partial charge is 0.342 e. The number of aromatic amines is 1. The highest BCUT2D eigenvalue weighted by atomic mass is 16.1. The third kappa shape index (κ3) is 3.17. The average Bonchev–Trinajstić information content (AvgIpc) is 2.92. The van der Waals surface area contributed by atoms with Crippen molar-refractivity contribution in [3.05, 3.63) is 59.4 Å². The minimum absolute atomic E-state index is 0.00848. The number of aryl methyl sites for hydroxylation is 3. The molecule has 1 aromatic heterocycles. The number of para-hydroxylation sites is 2. The molecule has 0 aliphatic carbocycles. The Kier molecular flexibility index (Phi) is 3.92. The maximum Gasteiger partial charge on any atom is 0.224 e. The van der Waals surface area contributed by atoms with Gasteiger partial charge in [0.2, 0.25) is 5.91 Å². The quantitative estimate of drug-likeness (QED) is 0.769. The molecule has 3 rings (SSSR count). The number of H-pyrrole nitrogens is 1. The number of nitrogens with one attached hydrogen (secondary N) is 2. The van der Waals surface area contributed by atoms with Gasteiger partial charge in [0.05, 0.1) is 11.0 Å². The van der Waals surface area contributed by atoms with Crippen molar-refractivity contribution < 1.29 is 4.79 Å². The molecule has 0 saturated heterocycles. The zero-order valence-corrected chi connectivity index (χ0v) is 12.8. The summed E-state index contributed by atoms with van der Waals surface area (Å²) in [4.78, 5) is 19.8. The van der Waals surface area contributed by atoms with Crippen LogP contribution in [0.15, 0.2) is 42.5 Å². The van der Waals surface area contributed by atoms with E-state index in [4.69, 9.17) is 0 Å². The van der Waals surface area contributed by atoms with Crippen LogP contribution in [-0.2, 0) is 11.2 Å². The first-order valence-electron chi connectivity index (χ1n) is 7.42. The van der Waals surface area contributed by atoms with Crippen molar-refractivity contribution in [2.24, 2.45) is 0 Å². The number of amides is 1. The van der Waals surface area contributed by atoms with Gasteiger partial charge >= 0.3 is 0 Å². The molecule has 0 aliphatic rings. The Labute approximate surface area is 129 Å². The standard InChI is InChI=1S/C18H19N3O/c1-12-7-8-13(2)16(11-12)21-18(22)10-9-17-19-14-5-3-4-6-15(14)20-17/h3-8,11H,9-10H2,1-2H3,(H,19,20)(H,21,22). The highest BCUT2D eigenvalue weighted by Gasteiger charge is 2.08. The highest BCUT2D eigenvalue weighted by molar-refractivity contribution is 5.91. The normalized spacial score (nSPS) is 10.8. The molecule has 2 aromatic carbocycles. The molecule has 2 N–H and O–H groups in total. The highest BCUT2D eigenvalue weighted by Crippen LogP contribution is 2.17. The Balaban J connectivity index is 1.63. The Morgan fingerprint density at radius 1 is 1.18 bits per heavy atom. The molecule has 4 heteroatoms. The molecule has 0 unspecified atom stereocenters. The lowest BCUT2D eigenvalue weighted by atomic mass is 10.1. The smallest absolute Gasteiger partial charge is 0.224 e. The summed E-state index contributed by atoms with van der Waals surface area (Å²) in [5, 5.41) is 2.97. The number of rotatable bonds is 4. The molecular formula is C18H19N3O. The van der Waals surface area contributed by atoms with Crippen LogP contribution >= 0.6 is 0 Å². The van der Waals surface area contributed by atoms with Gasteiger partial charge in [-0.3, -0.25) is 4.79 Å². The van der Waals surface area contributed by atoms with Crippen LogP contribution in [0.4, 0.5) is 5.69 Å². The maximum atomic E-state index is 12.1. The van der Waals surface area contributed by atoms with Gasteiger partial charge in [0.25, 0.3) is 0 Å². The summed E-state index contributed by atoms with van der Waals surface area (Å²) in [7, 11) is 0. The Morgan fingerprint density at radius 2 is 2.00 bits per heavy atom. The lowest BCUT2D eigenvalue weighted by molar-refractivity contribution is -0.116. The predicted octanol–water partition coefficient (Wildman–Crippen LogP) is 3.75. The van der Waals surface area contributed by atoms with Gasteiger partial charge in [-0.2, -0.15) is 0 Å². The van der Waals surface area contributed by atoms with Gasteiger partial charge in [-0.15, -0.1) is 0 Å². The third-order valence-corrected chi connectivity index (χ3v) is 3.69. The molecule has 0 bridgehead atoms. The van der Waals surface area contributed by atoms with Crippen molar-refractivity contribution in [3.63, 3.8) is 0 Å². The van der Waals surface area contributed by atoms with Crippen molar-refractivity contribution in [3.8, 4) is 0 Å². The van der Waals surface area contributed by atoms with Gasteiger partial charge in [-0.1, -0.05) is 24.3 Å². The minimum Gasteiger partial charge on any atom is -0.342 e. The molecule has 0 saturated carbocycles. The van der Waals surface area contributed by atoms with Gasteiger partial charge < -0.3 is 10.3 Å². The summed E-state index contributed by atoms with van der Waals surface area (Å²) in [5.41, 5.74) is 5.04. The van der Waals surface area contributed by atoms with Crippen molar-refractivity contribution in [1.29, 1.82) is 0 Å². The lowest BCUT2D eigenvalue weighted by Gasteiger charge is -2.08. The van der Waals surface area contributed by atoms with Crippen LogP contribution in [0.25, 0.3) is 11.0 Å². The van der Waals surface area contributed by atoms with E-state index in [2.05, 4.69) is 15.3 Å². The molecule has 0 spiro atoms. The van der Waals surface area contributed by atoms with Crippen LogP contribution in [0.3, 0.4) is 0 Å². The summed E-state index contributed by atoms with van der Waals surface area (Å²) < 4.78 is 0. The number of aromatic nitrogens is 2. The summed E-state index contributed by atoms with van der Waals surface area (Å²) >= 11 is 0. The fourth-order valence-electron chi connectivity index (χ4n) is 2.44. The fraction of sp³-hybridized carbons (Fsp3) is 0.222. The Morgan fingerprint density at radius 3 is 2.82 bits per heavy atom. The Bertz CT molecular complexity index is 787. The van der Waals surface area contributed by atoms with E-state index in [1.807, 2.05) is 56.3 Å². The summed E-state index contributed by atoms with van der Waals surface area (Å²) in [6.07, 6.45) is 1.01. The van der Waals surface area contributed by atoms with E-state index in [-0.39, 0.29) is 5.91 Å². The second-order valence-electron chi connectivity index (χ2n) is 5.57. The van der Waals surface area contributed by atoms with Gasteiger partial charge in [0.15, 0.2) is 0 Å². The van der Waals surface area contributed by atoms with Gasteiger partial charge in [-0.05, 0) is 43.2 Å². The first kappa shape index (κ1) is 14.3. The number of fused-ring (bicyclic) bond motifs is 1. The van der Waals surface area contributed by atoms with Crippen molar-refractivity contribution >= 4 is 22.6 Å². The van der Waals surface area contributed by atoms with Crippen LogP contribution in [-0.4, -0.2) is 15.9 Å². The second-order valence-corrected chi connectivity index (χ2v) is 5.57. The molecule has 112 valence electrons. The van der Waals surface area contributed by atoms with E-state index >= 15 is 0 Å². The average molecular weight is 293 g/mol. The zero-order chi connectivity index (χ0) is 15.5. The second kappa shape index (κ2) is 6.02. The number of imidazole rings is 1. The lowest BCUT2D eigenvalue weighted by Crippen LogP contribution is -2.13. The molecule has 22 heavy (non-hydrogen) atoms. The van der Waals surface area contributed by atoms with Crippen LogP contribution in [0.1, 0.15) is 23.4 Å². The van der Waals surface area contributed by atoms with Gasteiger partial charge in [0.1, 0.15) is 5.82 Å². The van der Waals surface area contributed by atoms with E-state index in [1.165, 1.54) is 0 Å². The number of carbonyl (C=O) groups is 1. The molecule has 0 atom stereocenters. The molecule has 1 amide bonds. The molecular weight excluding hydrogens is 274 g/mol. The van der Waals surface area contributed by atoms with E-state index in [0.717, 1.165) is 33.7 Å². The van der Waals surface area contributed by atoms with Crippen LogP contribution in [0.2, 0.25) is 0 Å². The molecule has 0 fully saturated rings. The zero-order valence-electron chi connectivity index (χ0n) is 12.8. The SMILES string of the molecule is Cc1ccc(C)c(NC(=O)CCc2nc3ccccc3[nH]2)c1. The molecule has 0 radical (unpaired) electrons. The van der Waals surface area contributed by atoms with Crippen molar-refractivity contribution in [2.75, 3.05) is 5.32 Å². The van der Waals surface area contributed by atoms with Crippen LogP contribution in [0, 0.1) is 13.8 Å². The summed E-state index contributed by atoms with van der Waals surface area (Å²) in [6.45, 7) is 4.01. The van der Waals surface area contributed by atoms with Crippen LogP contribution < -0.4 is 5.32 Å². The molecule has 0 aliphatic heterocycles. The topological polar surface area (TPSA) is 57.8 Å². The number of benzene rings is 2. The maximum absolute atomic E-state index is 12.1. The number of hydrogen-bond acceptors (Lipinski definition) is 2. The fourth-order valence-corrected chi connectivity index (χ4v) is 2.44. The Hall–Kier alpha value is -2.62. The van der Waals surface area contributed by atoms with Crippen molar-refractivity contribution in [2.45, 2.75) is 26.7 Å². The van der Waals surface area contributed by atoms with Gasteiger partial charge in [-0.25, -0.2) is 4.98 Å². The first-order chi connectivity index (χ1) is 10.6.